The molecule has 24 heavy (non-hydrogen) atoms. The monoisotopic (exact) mass is 396 g/mol. The molecular weight excluding hydrogens is 379 g/mol. The van der Waals surface area contributed by atoms with E-state index < -0.39 is 17.5 Å². The van der Waals surface area contributed by atoms with Crippen molar-refractivity contribution in [3.63, 3.8) is 0 Å². The van der Waals surface area contributed by atoms with Crippen molar-refractivity contribution in [3.8, 4) is 11.5 Å². The summed E-state index contributed by atoms with van der Waals surface area (Å²) in [6.07, 6.45) is -0.592. The number of amides is 1. The molecule has 2 aromatic rings. The Morgan fingerprint density at radius 1 is 1.17 bits per heavy atom. The molecule has 0 aliphatic rings. The molecule has 0 aliphatic carbocycles. The van der Waals surface area contributed by atoms with Gasteiger partial charge in [-0.05, 0) is 61.0 Å². The molecule has 128 valence electrons. The highest BCUT2D eigenvalue weighted by atomic mass is 79.9. The van der Waals surface area contributed by atoms with Crippen molar-refractivity contribution in [2.45, 2.75) is 26.4 Å². The summed E-state index contributed by atoms with van der Waals surface area (Å²) in [6, 6.07) is 8.81. The minimum Gasteiger partial charge on any atom is -0.454 e. The number of halogens is 2. The molecule has 0 radical (unpaired) electrons. The van der Waals surface area contributed by atoms with Gasteiger partial charge in [0.05, 0.1) is 10.2 Å². The van der Waals surface area contributed by atoms with Crippen LogP contribution in [0.5, 0.6) is 11.5 Å². The lowest BCUT2D eigenvalue weighted by Crippen LogP contribution is -2.27. The Morgan fingerprint density at radius 3 is 2.54 bits per heavy atom. The van der Waals surface area contributed by atoms with Gasteiger partial charge in [0.1, 0.15) is 17.2 Å². The molecule has 0 saturated heterocycles. The third kappa shape index (κ3) is 5.13. The van der Waals surface area contributed by atoms with Crippen molar-refractivity contribution >= 4 is 33.4 Å². The number of carbonyl (C=O) groups is 1. The molecule has 7 heteroatoms. The van der Waals surface area contributed by atoms with Crippen LogP contribution in [0.3, 0.4) is 0 Å². The van der Waals surface area contributed by atoms with Crippen LogP contribution in [0.15, 0.2) is 40.9 Å². The molecule has 2 aromatic carbocycles. The zero-order valence-corrected chi connectivity index (χ0v) is 15.1. The molecule has 3 N–H and O–H groups in total. The van der Waals surface area contributed by atoms with Gasteiger partial charge in [0.25, 0.3) is 0 Å². The van der Waals surface area contributed by atoms with Crippen molar-refractivity contribution < 1.29 is 18.7 Å². The van der Waals surface area contributed by atoms with Gasteiger partial charge in [-0.2, -0.15) is 0 Å². The first-order valence-corrected chi connectivity index (χ1v) is 7.96. The molecule has 0 aliphatic heterocycles. The minimum absolute atomic E-state index is 0.274. The summed E-state index contributed by atoms with van der Waals surface area (Å²) in [5, 5.41) is 2.60. The minimum atomic E-state index is -0.607. The number of nitrogens with one attached hydrogen (secondary N) is 1. The molecule has 2 rings (SSSR count). The topological polar surface area (TPSA) is 73.6 Å². The number of ether oxygens (including phenoxy) is 2. The molecule has 0 atom stereocenters. The Kier molecular flexibility index (Phi) is 5.33. The fourth-order valence-corrected chi connectivity index (χ4v) is 2.12. The summed E-state index contributed by atoms with van der Waals surface area (Å²) < 4.78 is 24.8. The Hall–Kier alpha value is -2.28. The predicted octanol–water partition coefficient (Wildman–Crippen LogP) is 5.31. The molecule has 0 bridgehead atoms. The largest absolute Gasteiger partial charge is 0.454 e. The van der Waals surface area contributed by atoms with Gasteiger partial charge in [-0.25, -0.2) is 9.18 Å². The fraction of sp³-hybridized carbons (Fsp3) is 0.235. The van der Waals surface area contributed by atoms with Gasteiger partial charge in [0, 0.05) is 17.8 Å². The molecule has 0 unspecified atom stereocenters. The molecule has 0 saturated carbocycles. The van der Waals surface area contributed by atoms with Crippen LogP contribution in [0.25, 0.3) is 0 Å². The second-order valence-corrected chi connectivity index (χ2v) is 6.91. The molecule has 1 amide bonds. The van der Waals surface area contributed by atoms with E-state index in [-0.39, 0.29) is 11.5 Å². The van der Waals surface area contributed by atoms with Crippen molar-refractivity contribution in [2.24, 2.45) is 0 Å². The maximum Gasteiger partial charge on any atom is 0.412 e. The van der Waals surface area contributed by atoms with Crippen molar-refractivity contribution in [3.05, 3.63) is 46.7 Å². The van der Waals surface area contributed by atoms with Crippen LogP contribution in [0, 0.1) is 5.82 Å². The number of rotatable bonds is 3. The van der Waals surface area contributed by atoms with E-state index in [2.05, 4.69) is 21.2 Å². The van der Waals surface area contributed by atoms with Crippen LogP contribution in [-0.4, -0.2) is 11.7 Å². The Labute approximate surface area is 148 Å². The Morgan fingerprint density at radius 2 is 1.88 bits per heavy atom. The second-order valence-electron chi connectivity index (χ2n) is 6.06. The molecule has 0 fully saturated rings. The number of carbonyl (C=O) groups excluding carboxylic acids is 1. The van der Waals surface area contributed by atoms with Crippen molar-refractivity contribution in [2.75, 3.05) is 11.1 Å². The summed E-state index contributed by atoms with van der Waals surface area (Å²) in [5.41, 5.74) is 6.07. The number of hydrogen-bond donors (Lipinski definition) is 2. The van der Waals surface area contributed by atoms with Gasteiger partial charge >= 0.3 is 6.09 Å². The highest BCUT2D eigenvalue weighted by Crippen LogP contribution is 2.34. The predicted molar refractivity (Wildman–Crippen MR) is 94.9 cm³/mol. The summed E-state index contributed by atoms with van der Waals surface area (Å²) in [5.74, 6) is 0.126. The summed E-state index contributed by atoms with van der Waals surface area (Å²) >= 11 is 3.28. The van der Waals surface area contributed by atoms with E-state index in [9.17, 15) is 9.18 Å². The first kappa shape index (κ1) is 18.1. The average Bonchev–Trinajstić information content (AvgIpc) is 2.44. The molecule has 0 heterocycles. The van der Waals surface area contributed by atoms with Crippen molar-refractivity contribution in [1.82, 2.24) is 0 Å². The van der Waals surface area contributed by atoms with Crippen LogP contribution >= 0.6 is 15.9 Å². The lowest BCUT2D eigenvalue weighted by atomic mass is 10.2. The molecule has 0 spiro atoms. The summed E-state index contributed by atoms with van der Waals surface area (Å²) in [7, 11) is 0. The highest BCUT2D eigenvalue weighted by molar-refractivity contribution is 9.10. The maximum absolute atomic E-state index is 13.4. The number of anilines is 2. The average molecular weight is 397 g/mol. The van der Waals surface area contributed by atoms with Crippen LogP contribution in [0.1, 0.15) is 20.8 Å². The standard InChI is InChI=1S/C17H18BrFN2O3/c1-17(2,3)24-16(22)21-11-5-7-13(20)15(9-11)23-14-8-10(19)4-6-12(14)18/h4-9H,20H2,1-3H3,(H,21,22). The van der Waals surface area contributed by atoms with Gasteiger partial charge in [-0.1, -0.05) is 0 Å². The lowest BCUT2D eigenvalue weighted by molar-refractivity contribution is 0.0636. The van der Waals surface area contributed by atoms with Crippen LogP contribution in [-0.2, 0) is 4.74 Å². The number of benzene rings is 2. The van der Waals surface area contributed by atoms with Crippen molar-refractivity contribution in [1.29, 1.82) is 0 Å². The third-order valence-electron chi connectivity index (χ3n) is 2.77. The first-order valence-electron chi connectivity index (χ1n) is 7.16. The molecular formula is C17H18BrFN2O3. The normalized spacial score (nSPS) is 11.0. The van der Waals surface area contributed by atoms with Gasteiger partial charge in [0.2, 0.25) is 0 Å². The quantitative estimate of drug-likeness (QED) is 0.689. The van der Waals surface area contributed by atoms with Gasteiger partial charge in [-0.3, -0.25) is 5.32 Å². The van der Waals surface area contributed by atoms with Gasteiger partial charge in [0.15, 0.2) is 5.75 Å². The molecule has 0 aromatic heterocycles. The Balaban J connectivity index is 2.19. The zero-order valence-electron chi connectivity index (χ0n) is 13.5. The highest BCUT2D eigenvalue weighted by Gasteiger charge is 2.17. The Bertz CT molecular complexity index is 760. The van der Waals surface area contributed by atoms with Crippen LogP contribution < -0.4 is 15.8 Å². The smallest absolute Gasteiger partial charge is 0.412 e. The van der Waals surface area contributed by atoms with E-state index in [1.54, 1.807) is 32.9 Å². The number of nitrogens with two attached hydrogens (primary N) is 1. The van der Waals surface area contributed by atoms with E-state index >= 15 is 0 Å². The second kappa shape index (κ2) is 7.09. The lowest BCUT2D eigenvalue weighted by Gasteiger charge is -2.20. The number of nitrogen functional groups attached to an aromatic ring is 1. The van der Waals surface area contributed by atoms with Gasteiger partial charge in [-0.15, -0.1) is 0 Å². The SMILES string of the molecule is CC(C)(C)OC(=O)Nc1ccc(N)c(Oc2cc(F)ccc2Br)c1. The fourth-order valence-electron chi connectivity index (χ4n) is 1.80. The maximum atomic E-state index is 13.4. The van der Waals surface area contributed by atoms with E-state index in [0.29, 0.717) is 15.8 Å². The van der Waals surface area contributed by atoms with Crippen LogP contribution in [0.4, 0.5) is 20.6 Å². The summed E-state index contributed by atoms with van der Waals surface area (Å²) in [4.78, 5) is 11.8. The van der Waals surface area contributed by atoms with E-state index in [4.69, 9.17) is 15.2 Å². The van der Waals surface area contributed by atoms with E-state index in [1.807, 2.05) is 0 Å². The van der Waals surface area contributed by atoms with Gasteiger partial charge < -0.3 is 15.2 Å². The summed E-state index contributed by atoms with van der Waals surface area (Å²) in [6.45, 7) is 5.31. The van der Waals surface area contributed by atoms with E-state index in [1.165, 1.54) is 24.3 Å². The van der Waals surface area contributed by atoms with E-state index in [0.717, 1.165) is 0 Å². The number of hydrogen-bond acceptors (Lipinski definition) is 4. The zero-order chi connectivity index (χ0) is 17.9. The third-order valence-corrected chi connectivity index (χ3v) is 3.43. The van der Waals surface area contributed by atoms with Crippen LogP contribution in [0.2, 0.25) is 0 Å². The molecule has 5 nitrogen and oxygen atoms in total. The first-order chi connectivity index (χ1) is 11.1.